The number of carbonyl (C=O) groups excluding carboxylic acids is 1. The van der Waals surface area contributed by atoms with Crippen LogP contribution in [0.2, 0.25) is 5.02 Å². The van der Waals surface area contributed by atoms with E-state index in [4.69, 9.17) is 16.3 Å². The number of halogens is 1. The molecule has 0 aliphatic rings. The molecule has 128 valence electrons. The maximum absolute atomic E-state index is 12.4. The number of hydrogen-bond donors (Lipinski definition) is 1. The number of nitrogens with zero attached hydrogens (tertiary/aromatic N) is 1. The Morgan fingerprint density at radius 3 is 2.58 bits per heavy atom. The summed E-state index contributed by atoms with van der Waals surface area (Å²) in [4.78, 5) is 12.4. The van der Waals surface area contributed by atoms with Gasteiger partial charge in [0, 0.05) is 0 Å². The maximum Gasteiger partial charge on any atom is 0.266 e. The van der Waals surface area contributed by atoms with Gasteiger partial charge in [0.25, 0.3) is 5.91 Å². The molecule has 0 aliphatic heterocycles. The highest BCUT2D eigenvalue weighted by Gasteiger charge is 2.11. The van der Waals surface area contributed by atoms with Crippen molar-refractivity contribution in [1.29, 1.82) is 5.26 Å². The molecular formula is C21H15ClN2O2. The number of anilines is 1. The molecule has 1 N–H and O–H groups in total. The molecule has 0 aromatic heterocycles. The summed E-state index contributed by atoms with van der Waals surface area (Å²) in [6, 6.07) is 20.2. The fourth-order valence-electron chi connectivity index (χ4n) is 2.53. The second-order valence-corrected chi connectivity index (χ2v) is 5.98. The van der Waals surface area contributed by atoms with E-state index in [-0.39, 0.29) is 5.57 Å². The van der Waals surface area contributed by atoms with Crippen LogP contribution >= 0.6 is 11.6 Å². The summed E-state index contributed by atoms with van der Waals surface area (Å²) < 4.78 is 5.21. The molecule has 0 unspecified atom stereocenters. The standard InChI is InChI=1S/C21H15ClN2O2/c1-26-18-9-8-15-10-14(6-7-16(15)12-18)11-17(13-23)21(25)24-20-5-3-2-4-19(20)22/h2-12H,1H3,(H,24,25)/b17-11+. The van der Waals surface area contributed by atoms with Crippen LogP contribution in [0.4, 0.5) is 5.69 Å². The quantitative estimate of drug-likeness (QED) is 0.522. The smallest absolute Gasteiger partial charge is 0.266 e. The van der Waals surface area contributed by atoms with Crippen molar-refractivity contribution < 1.29 is 9.53 Å². The molecule has 0 radical (unpaired) electrons. The molecule has 0 fully saturated rings. The fraction of sp³-hybridized carbons (Fsp3) is 0.0476. The Morgan fingerprint density at radius 2 is 1.85 bits per heavy atom. The lowest BCUT2D eigenvalue weighted by atomic mass is 10.0. The Morgan fingerprint density at radius 1 is 1.12 bits per heavy atom. The molecule has 0 saturated carbocycles. The lowest BCUT2D eigenvalue weighted by Crippen LogP contribution is -2.13. The predicted molar refractivity (Wildman–Crippen MR) is 104 cm³/mol. The Kier molecular flexibility index (Phi) is 5.21. The maximum atomic E-state index is 12.4. The van der Waals surface area contributed by atoms with Crippen LogP contribution in [0.25, 0.3) is 16.8 Å². The molecule has 0 spiro atoms. The third-order valence-electron chi connectivity index (χ3n) is 3.87. The van der Waals surface area contributed by atoms with Crippen molar-refractivity contribution in [3.05, 3.63) is 76.8 Å². The summed E-state index contributed by atoms with van der Waals surface area (Å²) in [6.07, 6.45) is 1.55. The van der Waals surface area contributed by atoms with Crippen LogP contribution in [-0.4, -0.2) is 13.0 Å². The average Bonchev–Trinajstić information content (AvgIpc) is 2.67. The first-order chi connectivity index (χ1) is 12.6. The first-order valence-electron chi connectivity index (χ1n) is 7.86. The molecular weight excluding hydrogens is 348 g/mol. The average molecular weight is 363 g/mol. The van der Waals surface area contributed by atoms with E-state index in [1.54, 1.807) is 37.5 Å². The van der Waals surface area contributed by atoms with Gasteiger partial charge in [0.2, 0.25) is 0 Å². The fourth-order valence-corrected chi connectivity index (χ4v) is 2.71. The molecule has 0 atom stereocenters. The number of nitrogens with one attached hydrogen (secondary N) is 1. The van der Waals surface area contributed by atoms with E-state index in [9.17, 15) is 10.1 Å². The van der Waals surface area contributed by atoms with Gasteiger partial charge in [-0.3, -0.25) is 4.79 Å². The lowest BCUT2D eigenvalue weighted by Gasteiger charge is -2.06. The summed E-state index contributed by atoms with van der Waals surface area (Å²) in [7, 11) is 1.62. The molecule has 0 aliphatic carbocycles. The number of nitriles is 1. The predicted octanol–water partition coefficient (Wildman–Crippen LogP) is 5.05. The number of hydrogen-bond acceptors (Lipinski definition) is 3. The van der Waals surface area contributed by atoms with Gasteiger partial charge in [-0.1, -0.05) is 41.9 Å². The zero-order chi connectivity index (χ0) is 18.5. The normalized spacial score (nSPS) is 11.0. The summed E-state index contributed by atoms with van der Waals surface area (Å²) in [6.45, 7) is 0. The Balaban J connectivity index is 1.88. The molecule has 0 bridgehead atoms. The van der Waals surface area contributed by atoms with Crippen LogP contribution in [0.15, 0.2) is 66.2 Å². The minimum Gasteiger partial charge on any atom is -0.497 e. The van der Waals surface area contributed by atoms with E-state index in [1.165, 1.54) is 0 Å². The molecule has 26 heavy (non-hydrogen) atoms. The first-order valence-corrected chi connectivity index (χ1v) is 8.24. The van der Waals surface area contributed by atoms with E-state index >= 15 is 0 Å². The van der Waals surface area contributed by atoms with Gasteiger partial charge >= 0.3 is 0 Å². The second kappa shape index (κ2) is 7.73. The van der Waals surface area contributed by atoms with Crippen LogP contribution in [0.1, 0.15) is 5.56 Å². The van der Waals surface area contributed by atoms with Crippen molar-refractivity contribution >= 4 is 40.0 Å². The van der Waals surface area contributed by atoms with Gasteiger partial charge in [-0.25, -0.2) is 0 Å². The molecule has 3 rings (SSSR count). The van der Waals surface area contributed by atoms with E-state index in [0.29, 0.717) is 10.7 Å². The van der Waals surface area contributed by atoms with Crippen LogP contribution in [0, 0.1) is 11.3 Å². The highest BCUT2D eigenvalue weighted by Crippen LogP contribution is 2.24. The SMILES string of the molecule is COc1ccc2cc(/C=C(\C#N)C(=O)Nc3ccccc3Cl)ccc2c1. The van der Waals surface area contributed by atoms with Gasteiger partial charge in [0.1, 0.15) is 17.4 Å². The van der Waals surface area contributed by atoms with Crippen LogP contribution in [0.5, 0.6) is 5.75 Å². The molecule has 1 amide bonds. The number of methoxy groups -OCH3 is 1. The number of carbonyl (C=O) groups is 1. The summed E-state index contributed by atoms with van der Waals surface area (Å²) in [5, 5.41) is 14.4. The minimum atomic E-state index is -0.504. The van der Waals surface area contributed by atoms with Crippen molar-refractivity contribution in [2.24, 2.45) is 0 Å². The summed E-state index contributed by atoms with van der Waals surface area (Å²) in [5.41, 5.74) is 1.22. The lowest BCUT2D eigenvalue weighted by molar-refractivity contribution is -0.112. The number of ether oxygens (including phenoxy) is 1. The van der Waals surface area contributed by atoms with Gasteiger partial charge in [0.15, 0.2) is 0 Å². The Bertz CT molecular complexity index is 1050. The van der Waals surface area contributed by atoms with Gasteiger partial charge in [-0.15, -0.1) is 0 Å². The summed E-state index contributed by atoms with van der Waals surface area (Å²) in [5.74, 6) is 0.271. The van der Waals surface area contributed by atoms with Crippen molar-refractivity contribution in [3.63, 3.8) is 0 Å². The molecule has 0 heterocycles. The van der Waals surface area contributed by atoms with Crippen molar-refractivity contribution in [3.8, 4) is 11.8 Å². The van der Waals surface area contributed by atoms with Crippen LogP contribution < -0.4 is 10.1 Å². The number of fused-ring (bicyclic) bond motifs is 1. The van der Waals surface area contributed by atoms with Crippen molar-refractivity contribution in [1.82, 2.24) is 0 Å². The highest BCUT2D eigenvalue weighted by molar-refractivity contribution is 6.34. The van der Waals surface area contributed by atoms with Crippen LogP contribution in [-0.2, 0) is 4.79 Å². The van der Waals surface area contributed by atoms with Gasteiger partial charge in [-0.2, -0.15) is 5.26 Å². The second-order valence-electron chi connectivity index (χ2n) is 5.58. The van der Waals surface area contributed by atoms with E-state index in [0.717, 1.165) is 22.1 Å². The molecule has 3 aromatic carbocycles. The zero-order valence-electron chi connectivity index (χ0n) is 14.0. The van der Waals surface area contributed by atoms with Crippen molar-refractivity contribution in [2.75, 3.05) is 12.4 Å². The van der Waals surface area contributed by atoms with Gasteiger partial charge in [0.05, 0.1) is 17.8 Å². The molecule has 0 saturated heterocycles. The van der Waals surface area contributed by atoms with Crippen LogP contribution in [0.3, 0.4) is 0 Å². The summed E-state index contributed by atoms with van der Waals surface area (Å²) >= 11 is 6.04. The third-order valence-corrected chi connectivity index (χ3v) is 4.20. The number of rotatable bonds is 4. The number of amides is 1. The largest absolute Gasteiger partial charge is 0.497 e. The van der Waals surface area contributed by atoms with Gasteiger partial charge < -0.3 is 10.1 Å². The molecule has 5 heteroatoms. The van der Waals surface area contributed by atoms with Crippen molar-refractivity contribution in [2.45, 2.75) is 0 Å². The highest BCUT2D eigenvalue weighted by atomic mass is 35.5. The Labute approximate surface area is 156 Å². The number of para-hydroxylation sites is 1. The first kappa shape index (κ1) is 17.5. The topological polar surface area (TPSA) is 62.1 Å². The van der Waals surface area contributed by atoms with E-state index in [2.05, 4.69) is 5.32 Å². The van der Waals surface area contributed by atoms with E-state index < -0.39 is 5.91 Å². The third kappa shape index (κ3) is 3.85. The molecule has 4 nitrogen and oxygen atoms in total. The molecule has 3 aromatic rings. The monoisotopic (exact) mass is 362 g/mol. The van der Waals surface area contributed by atoms with E-state index in [1.807, 2.05) is 42.5 Å². The Hall–Kier alpha value is -3.29. The zero-order valence-corrected chi connectivity index (χ0v) is 14.7. The number of benzene rings is 3. The minimum absolute atomic E-state index is 0.00205. The van der Waals surface area contributed by atoms with Gasteiger partial charge in [-0.05, 0) is 52.7 Å².